The number of hydrogen-bond donors (Lipinski definition) is 2. The summed E-state index contributed by atoms with van der Waals surface area (Å²) in [6, 6.07) is 9.39. The highest BCUT2D eigenvalue weighted by atomic mass is 16.5. The Labute approximate surface area is 113 Å². The number of ether oxygens (including phenoxy) is 1. The molecule has 2 atom stereocenters. The molecule has 0 aliphatic heterocycles. The average Bonchev–Trinajstić information content (AvgIpc) is 2.41. The highest BCUT2D eigenvalue weighted by Crippen LogP contribution is 2.31. The maximum absolute atomic E-state index is 11.7. The van der Waals surface area contributed by atoms with E-state index in [2.05, 4.69) is 0 Å². The van der Waals surface area contributed by atoms with Gasteiger partial charge in [-0.25, -0.2) is 0 Å². The molecule has 2 rings (SSSR count). The van der Waals surface area contributed by atoms with Gasteiger partial charge in [0.2, 0.25) is 0 Å². The van der Waals surface area contributed by atoms with E-state index in [1.165, 1.54) is 0 Å². The zero-order chi connectivity index (χ0) is 13.7. The Morgan fingerprint density at radius 3 is 2.74 bits per heavy atom. The molecule has 0 spiro atoms. The molecule has 0 heterocycles. The number of carbonyl (C=O) groups excluding carboxylic acids is 1. The van der Waals surface area contributed by atoms with Gasteiger partial charge in [0.15, 0.2) is 0 Å². The molecule has 0 amide bonds. The third-order valence-corrected chi connectivity index (χ3v) is 3.65. The van der Waals surface area contributed by atoms with Crippen LogP contribution in [0, 0.1) is 0 Å². The lowest BCUT2D eigenvalue weighted by Crippen LogP contribution is -2.46. The lowest BCUT2D eigenvalue weighted by Gasteiger charge is -2.36. The number of hydrogen-bond acceptors (Lipinski definition) is 4. The van der Waals surface area contributed by atoms with Crippen molar-refractivity contribution in [2.24, 2.45) is 0 Å². The van der Waals surface area contributed by atoms with Crippen molar-refractivity contribution in [1.29, 1.82) is 0 Å². The lowest BCUT2D eigenvalue weighted by atomic mass is 9.80. The van der Waals surface area contributed by atoms with Crippen LogP contribution in [-0.2, 0) is 16.1 Å². The quantitative estimate of drug-likeness (QED) is 0.814. The zero-order valence-corrected chi connectivity index (χ0v) is 10.9. The molecule has 104 valence electrons. The van der Waals surface area contributed by atoms with Crippen molar-refractivity contribution < 1.29 is 19.7 Å². The van der Waals surface area contributed by atoms with Crippen LogP contribution in [0.1, 0.15) is 37.7 Å². The molecule has 1 aromatic rings. The largest absolute Gasteiger partial charge is 0.461 e. The summed E-state index contributed by atoms with van der Waals surface area (Å²) in [6.45, 7) is 0.200. The summed E-state index contributed by atoms with van der Waals surface area (Å²) in [4.78, 5) is 11.7. The molecule has 0 aromatic heterocycles. The molecule has 19 heavy (non-hydrogen) atoms. The smallest absolute Gasteiger partial charge is 0.309 e. The summed E-state index contributed by atoms with van der Waals surface area (Å²) >= 11 is 0. The Hall–Kier alpha value is -1.39. The van der Waals surface area contributed by atoms with Crippen LogP contribution in [0.5, 0.6) is 0 Å². The fraction of sp³-hybridized carbons (Fsp3) is 0.533. The minimum absolute atomic E-state index is 0.138. The van der Waals surface area contributed by atoms with Crippen LogP contribution in [0.25, 0.3) is 0 Å². The van der Waals surface area contributed by atoms with E-state index in [9.17, 15) is 15.0 Å². The second kappa shape index (κ2) is 6.17. The van der Waals surface area contributed by atoms with E-state index < -0.39 is 17.7 Å². The Bertz CT molecular complexity index is 417. The summed E-state index contributed by atoms with van der Waals surface area (Å²) in [5.74, 6) is -0.465. The predicted molar refractivity (Wildman–Crippen MR) is 70.3 cm³/mol. The molecule has 0 bridgehead atoms. The molecule has 0 radical (unpaired) electrons. The number of aliphatic hydroxyl groups is 2. The molecule has 0 saturated heterocycles. The van der Waals surface area contributed by atoms with Gasteiger partial charge in [0.1, 0.15) is 12.2 Å². The van der Waals surface area contributed by atoms with Crippen molar-refractivity contribution in [3.63, 3.8) is 0 Å². The predicted octanol–water partition coefficient (Wildman–Crippen LogP) is 1.79. The number of carbonyl (C=O) groups is 1. The van der Waals surface area contributed by atoms with Gasteiger partial charge >= 0.3 is 5.97 Å². The Morgan fingerprint density at radius 1 is 1.32 bits per heavy atom. The summed E-state index contributed by atoms with van der Waals surface area (Å²) in [7, 11) is 0. The fourth-order valence-corrected chi connectivity index (χ4v) is 2.45. The van der Waals surface area contributed by atoms with Gasteiger partial charge in [0.05, 0.1) is 12.5 Å². The van der Waals surface area contributed by atoms with Crippen molar-refractivity contribution in [1.82, 2.24) is 0 Å². The van der Waals surface area contributed by atoms with Gasteiger partial charge in [-0.05, 0) is 18.4 Å². The highest BCUT2D eigenvalue weighted by Gasteiger charge is 2.40. The van der Waals surface area contributed by atoms with E-state index in [4.69, 9.17) is 4.74 Å². The fourth-order valence-electron chi connectivity index (χ4n) is 2.45. The van der Waals surface area contributed by atoms with Crippen molar-refractivity contribution in [3.8, 4) is 0 Å². The molecule has 4 nitrogen and oxygen atoms in total. The number of rotatable bonds is 4. The minimum Gasteiger partial charge on any atom is -0.461 e. The summed E-state index contributed by atoms with van der Waals surface area (Å²) in [6.07, 6.45) is 1.76. The monoisotopic (exact) mass is 264 g/mol. The SMILES string of the molecule is O=C(CC1(O)CCCCC1O)OCc1ccccc1. The summed E-state index contributed by atoms with van der Waals surface area (Å²) < 4.78 is 5.13. The number of benzene rings is 1. The van der Waals surface area contributed by atoms with Gasteiger partial charge in [-0.2, -0.15) is 0 Å². The van der Waals surface area contributed by atoms with Crippen LogP contribution < -0.4 is 0 Å². The number of aliphatic hydroxyl groups excluding tert-OH is 1. The molecule has 1 fully saturated rings. The van der Waals surface area contributed by atoms with E-state index in [1.54, 1.807) is 0 Å². The summed E-state index contributed by atoms with van der Waals surface area (Å²) in [5.41, 5.74) is -0.404. The first-order valence-electron chi connectivity index (χ1n) is 6.70. The zero-order valence-electron chi connectivity index (χ0n) is 10.9. The van der Waals surface area contributed by atoms with Crippen molar-refractivity contribution in [2.75, 3.05) is 0 Å². The third-order valence-electron chi connectivity index (χ3n) is 3.65. The second-order valence-electron chi connectivity index (χ2n) is 5.19. The van der Waals surface area contributed by atoms with Crippen LogP contribution in [0.4, 0.5) is 0 Å². The van der Waals surface area contributed by atoms with E-state index in [0.29, 0.717) is 12.8 Å². The van der Waals surface area contributed by atoms with Crippen LogP contribution in [-0.4, -0.2) is 27.9 Å². The van der Waals surface area contributed by atoms with Gasteiger partial charge in [0.25, 0.3) is 0 Å². The van der Waals surface area contributed by atoms with E-state index in [0.717, 1.165) is 18.4 Å². The molecule has 1 aromatic carbocycles. The van der Waals surface area contributed by atoms with Gasteiger partial charge in [0, 0.05) is 0 Å². The molecule has 1 aliphatic carbocycles. The van der Waals surface area contributed by atoms with E-state index in [-0.39, 0.29) is 13.0 Å². The Balaban J connectivity index is 1.84. The molecular weight excluding hydrogens is 244 g/mol. The van der Waals surface area contributed by atoms with Crippen molar-refractivity contribution in [2.45, 2.75) is 50.4 Å². The van der Waals surface area contributed by atoms with Gasteiger partial charge in [-0.1, -0.05) is 43.2 Å². The third kappa shape index (κ3) is 3.78. The van der Waals surface area contributed by atoms with Gasteiger partial charge in [-0.15, -0.1) is 0 Å². The lowest BCUT2D eigenvalue weighted by molar-refractivity contribution is -0.160. The Kier molecular flexibility index (Phi) is 4.56. The number of esters is 1. The van der Waals surface area contributed by atoms with E-state index in [1.807, 2.05) is 30.3 Å². The van der Waals surface area contributed by atoms with Crippen LogP contribution in [0.2, 0.25) is 0 Å². The van der Waals surface area contributed by atoms with Gasteiger partial charge < -0.3 is 14.9 Å². The first kappa shape index (κ1) is 14.0. The summed E-state index contributed by atoms with van der Waals surface area (Å²) in [5, 5.41) is 20.1. The molecule has 1 aliphatic rings. The normalized spacial score (nSPS) is 26.9. The first-order chi connectivity index (χ1) is 9.10. The van der Waals surface area contributed by atoms with Crippen LogP contribution in [0.15, 0.2) is 30.3 Å². The standard InChI is InChI=1S/C15H20O4/c16-13-8-4-5-9-15(13,18)10-14(17)19-11-12-6-2-1-3-7-12/h1-3,6-7,13,16,18H,4-5,8-11H2. The van der Waals surface area contributed by atoms with Crippen molar-refractivity contribution in [3.05, 3.63) is 35.9 Å². The first-order valence-corrected chi connectivity index (χ1v) is 6.70. The molecule has 1 saturated carbocycles. The maximum atomic E-state index is 11.7. The van der Waals surface area contributed by atoms with E-state index >= 15 is 0 Å². The second-order valence-corrected chi connectivity index (χ2v) is 5.19. The molecule has 4 heteroatoms. The molecular formula is C15H20O4. The molecule has 2 N–H and O–H groups in total. The average molecular weight is 264 g/mol. The minimum atomic E-state index is -1.31. The topological polar surface area (TPSA) is 66.8 Å². The van der Waals surface area contributed by atoms with Crippen molar-refractivity contribution >= 4 is 5.97 Å². The van der Waals surface area contributed by atoms with Crippen LogP contribution in [0.3, 0.4) is 0 Å². The Morgan fingerprint density at radius 2 is 2.05 bits per heavy atom. The maximum Gasteiger partial charge on any atom is 0.309 e. The highest BCUT2D eigenvalue weighted by molar-refractivity contribution is 5.70. The molecule has 2 unspecified atom stereocenters. The van der Waals surface area contributed by atoms with Gasteiger partial charge in [-0.3, -0.25) is 4.79 Å². The van der Waals surface area contributed by atoms with Crippen LogP contribution >= 0.6 is 0 Å².